The lowest BCUT2D eigenvalue weighted by molar-refractivity contribution is 0.305. The third-order valence-corrected chi connectivity index (χ3v) is 3.27. The van der Waals surface area contributed by atoms with Crippen molar-refractivity contribution in [3.63, 3.8) is 0 Å². The molecular weight excluding hydrogens is 321 g/mol. The summed E-state index contributed by atoms with van der Waals surface area (Å²) < 4.78 is 19.1. The van der Waals surface area contributed by atoms with Gasteiger partial charge in [-0.3, -0.25) is 0 Å². The van der Waals surface area contributed by atoms with Crippen LogP contribution in [-0.2, 0) is 6.61 Å². The van der Waals surface area contributed by atoms with Gasteiger partial charge in [-0.05, 0) is 46.3 Å². The molecule has 0 aromatic heterocycles. The van der Waals surface area contributed by atoms with Crippen LogP contribution in [0.1, 0.15) is 5.56 Å². The summed E-state index contributed by atoms with van der Waals surface area (Å²) in [6.07, 6.45) is 0. The summed E-state index contributed by atoms with van der Waals surface area (Å²) in [6, 6.07) is 9.72. The Bertz CT molecular complexity index is 577. The highest BCUT2D eigenvalue weighted by molar-refractivity contribution is 9.10. The molecule has 2 nitrogen and oxygen atoms in total. The van der Waals surface area contributed by atoms with Crippen molar-refractivity contribution in [2.24, 2.45) is 0 Å². The Hall–Kier alpha value is -1.26. The standard InChI is InChI=1S/C13H10BrClFNO/c14-11-3-2-10(6-12(11)16)18-7-8-5-9(15)1-4-13(8)17/h1-6H,7,17H2. The monoisotopic (exact) mass is 329 g/mol. The molecule has 0 amide bonds. The Morgan fingerprint density at radius 3 is 2.72 bits per heavy atom. The number of hydrogen-bond acceptors (Lipinski definition) is 2. The van der Waals surface area contributed by atoms with Crippen LogP contribution >= 0.6 is 27.5 Å². The van der Waals surface area contributed by atoms with Gasteiger partial charge < -0.3 is 10.5 Å². The summed E-state index contributed by atoms with van der Waals surface area (Å²) >= 11 is 8.95. The molecule has 0 radical (unpaired) electrons. The second-order valence-corrected chi connectivity index (χ2v) is 5.00. The van der Waals surface area contributed by atoms with Gasteiger partial charge in [0, 0.05) is 22.3 Å². The van der Waals surface area contributed by atoms with E-state index in [0.29, 0.717) is 20.9 Å². The lowest BCUT2D eigenvalue weighted by Crippen LogP contribution is -2.00. The number of hydrogen-bond donors (Lipinski definition) is 1. The maximum atomic E-state index is 13.3. The SMILES string of the molecule is Nc1ccc(Cl)cc1COc1ccc(Br)c(F)c1. The second kappa shape index (κ2) is 5.59. The van der Waals surface area contributed by atoms with Crippen LogP contribution < -0.4 is 10.5 Å². The van der Waals surface area contributed by atoms with Gasteiger partial charge in [0.1, 0.15) is 18.2 Å². The summed E-state index contributed by atoms with van der Waals surface area (Å²) in [6.45, 7) is 0.244. The first-order valence-electron chi connectivity index (χ1n) is 5.18. The van der Waals surface area contributed by atoms with Crippen LogP contribution in [0.3, 0.4) is 0 Å². The minimum Gasteiger partial charge on any atom is -0.489 e. The lowest BCUT2D eigenvalue weighted by atomic mass is 10.2. The molecule has 0 aliphatic rings. The van der Waals surface area contributed by atoms with Gasteiger partial charge in [0.05, 0.1) is 4.47 Å². The molecule has 0 unspecified atom stereocenters. The minimum atomic E-state index is -0.369. The van der Waals surface area contributed by atoms with E-state index in [2.05, 4.69) is 15.9 Å². The van der Waals surface area contributed by atoms with Crippen molar-refractivity contribution < 1.29 is 9.13 Å². The fourth-order valence-corrected chi connectivity index (χ4v) is 1.87. The third kappa shape index (κ3) is 3.15. The maximum absolute atomic E-state index is 13.3. The van der Waals surface area contributed by atoms with Crippen molar-refractivity contribution >= 4 is 33.2 Å². The van der Waals surface area contributed by atoms with E-state index < -0.39 is 0 Å². The van der Waals surface area contributed by atoms with E-state index in [1.165, 1.54) is 6.07 Å². The molecule has 0 heterocycles. The molecule has 5 heteroatoms. The van der Waals surface area contributed by atoms with E-state index in [-0.39, 0.29) is 12.4 Å². The summed E-state index contributed by atoms with van der Waals surface area (Å²) in [5, 5.41) is 0.588. The molecule has 0 fully saturated rings. The highest BCUT2D eigenvalue weighted by atomic mass is 79.9. The average molecular weight is 331 g/mol. The van der Waals surface area contributed by atoms with Crippen molar-refractivity contribution in [1.29, 1.82) is 0 Å². The topological polar surface area (TPSA) is 35.2 Å². The fraction of sp³-hybridized carbons (Fsp3) is 0.0769. The minimum absolute atomic E-state index is 0.244. The van der Waals surface area contributed by atoms with Gasteiger partial charge in [-0.1, -0.05) is 11.6 Å². The van der Waals surface area contributed by atoms with E-state index in [1.807, 2.05) is 0 Å². The fourth-order valence-electron chi connectivity index (χ4n) is 1.43. The zero-order valence-electron chi connectivity index (χ0n) is 9.29. The zero-order valence-corrected chi connectivity index (χ0v) is 11.6. The molecule has 2 rings (SSSR count). The molecular formula is C13H10BrClFNO. The van der Waals surface area contributed by atoms with E-state index >= 15 is 0 Å². The first-order valence-corrected chi connectivity index (χ1v) is 6.35. The van der Waals surface area contributed by atoms with E-state index in [0.717, 1.165) is 5.56 Å². The van der Waals surface area contributed by atoms with Crippen LogP contribution in [0.2, 0.25) is 5.02 Å². The molecule has 0 bridgehead atoms. The highest BCUT2D eigenvalue weighted by Crippen LogP contribution is 2.23. The number of anilines is 1. The van der Waals surface area contributed by atoms with Gasteiger partial charge in [-0.2, -0.15) is 0 Å². The second-order valence-electron chi connectivity index (χ2n) is 3.71. The first kappa shape index (κ1) is 13.2. The Morgan fingerprint density at radius 1 is 1.22 bits per heavy atom. The third-order valence-electron chi connectivity index (χ3n) is 2.39. The maximum Gasteiger partial charge on any atom is 0.141 e. The van der Waals surface area contributed by atoms with Crippen LogP contribution in [0, 0.1) is 5.82 Å². The Kier molecular flexibility index (Phi) is 4.09. The van der Waals surface area contributed by atoms with Gasteiger partial charge in [0.15, 0.2) is 0 Å². The number of halogens is 3. The molecule has 2 aromatic rings. The van der Waals surface area contributed by atoms with Gasteiger partial charge in [-0.15, -0.1) is 0 Å². The molecule has 0 saturated carbocycles. The highest BCUT2D eigenvalue weighted by Gasteiger charge is 2.04. The van der Waals surface area contributed by atoms with Gasteiger partial charge in [-0.25, -0.2) is 4.39 Å². The molecule has 0 aliphatic carbocycles. The van der Waals surface area contributed by atoms with Gasteiger partial charge in [0.2, 0.25) is 0 Å². The molecule has 18 heavy (non-hydrogen) atoms. The molecule has 0 saturated heterocycles. The van der Waals surface area contributed by atoms with E-state index in [4.69, 9.17) is 22.1 Å². The van der Waals surface area contributed by atoms with Crippen molar-refractivity contribution in [3.05, 3.63) is 57.3 Å². The van der Waals surface area contributed by atoms with Gasteiger partial charge >= 0.3 is 0 Å². The predicted molar refractivity (Wildman–Crippen MR) is 74.3 cm³/mol. The number of benzene rings is 2. The molecule has 2 N–H and O–H groups in total. The van der Waals surface area contributed by atoms with Crippen LogP contribution in [0.25, 0.3) is 0 Å². The summed E-state index contributed by atoms with van der Waals surface area (Å²) in [4.78, 5) is 0. The van der Waals surface area contributed by atoms with Crippen LogP contribution in [-0.4, -0.2) is 0 Å². The van der Waals surface area contributed by atoms with Crippen LogP contribution in [0.15, 0.2) is 40.9 Å². The zero-order chi connectivity index (χ0) is 13.1. The van der Waals surface area contributed by atoms with Gasteiger partial charge in [0.25, 0.3) is 0 Å². The Morgan fingerprint density at radius 2 is 2.00 bits per heavy atom. The average Bonchev–Trinajstić information content (AvgIpc) is 2.34. The first-order chi connectivity index (χ1) is 8.56. The molecule has 0 aliphatic heterocycles. The van der Waals surface area contributed by atoms with Crippen LogP contribution in [0.5, 0.6) is 5.75 Å². The van der Waals surface area contributed by atoms with E-state index in [9.17, 15) is 4.39 Å². The molecule has 0 atom stereocenters. The van der Waals surface area contributed by atoms with Crippen molar-refractivity contribution in [1.82, 2.24) is 0 Å². The number of nitrogens with two attached hydrogens (primary N) is 1. The Labute approximate surface area is 118 Å². The smallest absolute Gasteiger partial charge is 0.141 e. The summed E-state index contributed by atoms with van der Waals surface area (Å²) in [7, 11) is 0. The Balaban J connectivity index is 2.11. The number of ether oxygens (including phenoxy) is 1. The van der Waals surface area contributed by atoms with Crippen molar-refractivity contribution in [2.75, 3.05) is 5.73 Å². The quantitative estimate of drug-likeness (QED) is 0.846. The molecule has 0 spiro atoms. The number of nitrogen functional groups attached to an aromatic ring is 1. The summed E-state index contributed by atoms with van der Waals surface area (Å²) in [5.41, 5.74) is 7.15. The van der Waals surface area contributed by atoms with Crippen LogP contribution in [0.4, 0.5) is 10.1 Å². The predicted octanol–water partition coefficient (Wildman–Crippen LogP) is 4.40. The van der Waals surface area contributed by atoms with Crippen molar-refractivity contribution in [2.45, 2.75) is 6.61 Å². The number of rotatable bonds is 3. The summed E-state index contributed by atoms with van der Waals surface area (Å²) in [5.74, 6) is 0.0710. The molecule has 2 aromatic carbocycles. The van der Waals surface area contributed by atoms with E-state index in [1.54, 1.807) is 30.3 Å². The largest absolute Gasteiger partial charge is 0.489 e. The van der Waals surface area contributed by atoms with Crippen molar-refractivity contribution in [3.8, 4) is 5.75 Å². The molecule has 94 valence electrons. The normalized spacial score (nSPS) is 10.4. The lowest BCUT2D eigenvalue weighted by Gasteiger charge is -2.09.